The number of methoxy groups -OCH3 is 1. The molecule has 2 aromatic carbocycles. The van der Waals surface area contributed by atoms with Gasteiger partial charge in [0.2, 0.25) is 0 Å². The number of fused-ring (bicyclic) bond motifs is 1. The van der Waals surface area contributed by atoms with Crippen LogP contribution in [0, 0.1) is 0 Å². The number of amides is 1. The summed E-state index contributed by atoms with van der Waals surface area (Å²) in [6.45, 7) is 0.662. The molecular weight excluding hydrogens is 370 g/mol. The van der Waals surface area contributed by atoms with Gasteiger partial charge in [0.1, 0.15) is 6.61 Å². The number of anilines is 1. The Hall–Kier alpha value is -2.90. The smallest absolute Gasteiger partial charge is 0.276 e. The molecule has 0 atom stereocenters. The zero-order chi connectivity index (χ0) is 19.4. The number of halogens is 1. The molecule has 0 aliphatic heterocycles. The Bertz CT molecular complexity index is 1050. The fourth-order valence-electron chi connectivity index (χ4n) is 2.63. The number of ether oxygens (including phenoxy) is 2. The maximum Gasteiger partial charge on any atom is 0.276 e. The number of rotatable bonds is 6. The second-order valence-corrected chi connectivity index (χ2v) is 6.14. The van der Waals surface area contributed by atoms with Gasteiger partial charge in [0.05, 0.1) is 22.7 Å². The predicted molar refractivity (Wildman–Crippen MR) is 104 cm³/mol. The molecule has 0 aliphatic rings. The van der Waals surface area contributed by atoms with Crippen LogP contribution in [-0.2, 0) is 11.8 Å². The van der Waals surface area contributed by atoms with Crippen molar-refractivity contribution < 1.29 is 14.3 Å². The van der Waals surface area contributed by atoms with Gasteiger partial charge >= 0.3 is 0 Å². The zero-order valence-corrected chi connectivity index (χ0v) is 15.6. The third-order valence-electron chi connectivity index (χ3n) is 3.92. The first-order valence-electron chi connectivity index (χ1n) is 8.20. The number of nitrogens with one attached hydrogen (secondary N) is 1. The number of nitrogens with zero attached hydrogens (tertiary/aromatic N) is 2. The second-order valence-electron chi connectivity index (χ2n) is 5.73. The first-order chi connectivity index (χ1) is 13.0. The van der Waals surface area contributed by atoms with Crippen molar-refractivity contribution in [2.45, 2.75) is 0 Å². The van der Waals surface area contributed by atoms with Crippen molar-refractivity contribution in [1.82, 2.24) is 9.78 Å². The van der Waals surface area contributed by atoms with Gasteiger partial charge in [-0.2, -0.15) is 5.10 Å². The molecule has 27 heavy (non-hydrogen) atoms. The summed E-state index contributed by atoms with van der Waals surface area (Å²) >= 11 is 6.20. The van der Waals surface area contributed by atoms with Gasteiger partial charge in [0.25, 0.3) is 11.5 Å². The first-order valence-corrected chi connectivity index (χ1v) is 8.58. The molecule has 8 heteroatoms. The van der Waals surface area contributed by atoms with Crippen LogP contribution in [0.3, 0.4) is 0 Å². The van der Waals surface area contributed by atoms with E-state index in [9.17, 15) is 9.59 Å². The summed E-state index contributed by atoms with van der Waals surface area (Å²) in [5.41, 5.74) is 0.271. The molecule has 140 valence electrons. The molecule has 0 radical (unpaired) electrons. The summed E-state index contributed by atoms with van der Waals surface area (Å²) in [7, 11) is 3.07. The van der Waals surface area contributed by atoms with E-state index in [1.165, 1.54) is 7.05 Å². The first kappa shape index (κ1) is 18.9. The van der Waals surface area contributed by atoms with E-state index in [0.29, 0.717) is 33.8 Å². The summed E-state index contributed by atoms with van der Waals surface area (Å²) in [5.74, 6) is -0.126. The molecule has 0 fully saturated rings. The SMILES string of the molecule is COCCOc1c(Cl)cccc1NC(=O)c1nn(C)c(=O)c2ccccc12. The largest absolute Gasteiger partial charge is 0.487 e. The Morgan fingerprint density at radius 2 is 1.89 bits per heavy atom. The molecule has 0 saturated carbocycles. The lowest BCUT2D eigenvalue weighted by Gasteiger charge is -2.14. The van der Waals surface area contributed by atoms with Gasteiger partial charge in [-0.15, -0.1) is 0 Å². The molecule has 1 heterocycles. The highest BCUT2D eigenvalue weighted by Crippen LogP contribution is 2.33. The zero-order valence-electron chi connectivity index (χ0n) is 14.9. The fourth-order valence-corrected chi connectivity index (χ4v) is 2.86. The molecule has 0 bridgehead atoms. The number of carbonyl (C=O) groups is 1. The monoisotopic (exact) mass is 387 g/mol. The lowest BCUT2D eigenvalue weighted by atomic mass is 10.1. The Morgan fingerprint density at radius 3 is 2.63 bits per heavy atom. The van der Waals surface area contributed by atoms with Gasteiger partial charge in [0, 0.05) is 19.5 Å². The minimum Gasteiger partial charge on any atom is -0.487 e. The number of benzene rings is 2. The molecule has 0 saturated heterocycles. The highest BCUT2D eigenvalue weighted by molar-refractivity contribution is 6.32. The van der Waals surface area contributed by atoms with E-state index in [0.717, 1.165) is 4.68 Å². The molecular formula is C19H18ClN3O4. The minimum atomic E-state index is -0.472. The summed E-state index contributed by atoms with van der Waals surface area (Å²) in [6, 6.07) is 11.9. The number of hydrogen-bond acceptors (Lipinski definition) is 5. The molecule has 1 N–H and O–H groups in total. The Kier molecular flexibility index (Phi) is 5.73. The molecule has 1 amide bonds. The van der Waals surface area contributed by atoms with Gasteiger partial charge in [-0.05, 0) is 18.2 Å². The molecule has 1 aromatic heterocycles. The number of carbonyl (C=O) groups excluding carboxylic acids is 1. The number of aromatic nitrogens is 2. The van der Waals surface area contributed by atoms with E-state index in [-0.39, 0.29) is 17.9 Å². The average Bonchev–Trinajstić information content (AvgIpc) is 2.67. The fraction of sp³-hybridized carbons (Fsp3) is 0.211. The van der Waals surface area contributed by atoms with Crippen molar-refractivity contribution in [3.05, 3.63) is 63.5 Å². The lowest BCUT2D eigenvalue weighted by Crippen LogP contribution is -2.25. The van der Waals surface area contributed by atoms with Crippen molar-refractivity contribution in [3.63, 3.8) is 0 Å². The van der Waals surface area contributed by atoms with Crippen LogP contribution in [-0.4, -0.2) is 36.0 Å². The van der Waals surface area contributed by atoms with Crippen LogP contribution in [0.15, 0.2) is 47.3 Å². The number of hydrogen-bond donors (Lipinski definition) is 1. The molecule has 3 rings (SSSR count). The van der Waals surface area contributed by atoms with E-state index in [2.05, 4.69) is 10.4 Å². The van der Waals surface area contributed by atoms with Crippen LogP contribution < -0.4 is 15.6 Å². The van der Waals surface area contributed by atoms with E-state index in [4.69, 9.17) is 21.1 Å². The van der Waals surface area contributed by atoms with Crippen molar-refractivity contribution >= 4 is 34.0 Å². The number of para-hydroxylation sites is 1. The average molecular weight is 388 g/mol. The topological polar surface area (TPSA) is 82.4 Å². The molecule has 7 nitrogen and oxygen atoms in total. The lowest BCUT2D eigenvalue weighted by molar-refractivity contribution is 0.102. The van der Waals surface area contributed by atoms with E-state index in [1.807, 2.05) is 0 Å². The van der Waals surface area contributed by atoms with Gasteiger partial charge < -0.3 is 14.8 Å². The second kappa shape index (κ2) is 8.20. The van der Waals surface area contributed by atoms with Gasteiger partial charge in [0.15, 0.2) is 11.4 Å². The minimum absolute atomic E-state index is 0.135. The third kappa shape index (κ3) is 3.94. The summed E-state index contributed by atoms with van der Waals surface area (Å²) in [5, 5.41) is 8.15. The van der Waals surface area contributed by atoms with Gasteiger partial charge in [-0.25, -0.2) is 4.68 Å². The van der Waals surface area contributed by atoms with E-state index < -0.39 is 5.91 Å². The summed E-state index contributed by atoms with van der Waals surface area (Å²) in [4.78, 5) is 25.1. The van der Waals surface area contributed by atoms with Crippen molar-refractivity contribution in [2.24, 2.45) is 7.05 Å². The third-order valence-corrected chi connectivity index (χ3v) is 4.22. The van der Waals surface area contributed by atoms with Crippen LogP contribution in [0.25, 0.3) is 10.8 Å². The summed E-state index contributed by atoms with van der Waals surface area (Å²) in [6.07, 6.45) is 0. The van der Waals surface area contributed by atoms with Crippen LogP contribution in [0.1, 0.15) is 10.5 Å². The van der Waals surface area contributed by atoms with Gasteiger partial charge in [-0.3, -0.25) is 9.59 Å². The van der Waals surface area contributed by atoms with E-state index >= 15 is 0 Å². The maximum absolute atomic E-state index is 12.9. The normalized spacial score (nSPS) is 10.8. The highest BCUT2D eigenvalue weighted by atomic mass is 35.5. The summed E-state index contributed by atoms with van der Waals surface area (Å²) < 4.78 is 11.7. The highest BCUT2D eigenvalue weighted by Gasteiger charge is 2.18. The van der Waals surface area contributed by atoms with Gasteiger partial charge in [-0.1, -0.05) is 35.9 Å². The van der Waals surface area contributed by atoms with Crippen molar-refractivity contribution in [2.75, 3.05) is 25.6 Å². The Labute approximate surface area is 160 Å². The van der Waals surface area contributed by atoms with Crippen LogP contribution >= 0.6 is 11.6 Å². The van der Waals surface area contributed by atoms with Crippen LogP contribution in [0.5, 0.6) is 5.75 Å². The standard InChI is InChI=1S/C19H18ClN3O4/c1-23-19(25)13-7-4-3-6-12(13)16(22-23)18(24)21-15-9-5-8-14(20)17(15)27-11-10-26-2/h3-9H,10-11H2,1-2H3,(H,21,24). The predicted octanol–water partition coefficient (Wildman–Crippen LogP) is 2.86. The molecule has 0 aliphatic carbocycles. The van der Waals surface area contributed by atoms with Crippen LogP contribution in [0.2, 0.25) is 5.02 Å². The maximum atomic E-state index is 12.9. The van der Waals surface area contributed by atoms with Crippen molar-refractivity contribution in [1.29, 1.82) is 0 Å². The Balaban J connectivity index is 1.98. The van der Waals surface area contributed by atoms with E-state index in [1.54, 1.807) is 49.6 Å². The number of aryl methyl sites for hydroxylation is 1. The van der Waals surface area contributed by atoms with Crippen LogP contribution in [0.4, 0.5) is 5.69 Å². The molecule has 3 aromatic rings. The molecule has 0 spiro atoms. The molecule has 0 unspecified atom stereocenters. The quantitative estimate of drug-likeness (QED) is 0.657. The Morgan fingerprint density at radius 1 is 1.15 bits per heavy atom. The van der Waals surface area contributed by atoms with Crippen molar-refractivity contribution in [3.8, 4) is 5.75 Å².